The Kier molecular flexibility index (Phi) is 13.0. The summed E-state index contributed by atoms with van der Waals surface area (Å²) in [5.41, 5.74) is 0. The Labute approximate surface area is 118 Å². The van der Waals surface area contributed by atoms with Gasteiger partial charge in [-0.3, -0.25) is 4.99 Å². The van der Waals surface area contributed by atoms with E-state index in [0.717, 1.165) is 51.7 Å². The number of nitrogens with one attached hydrogen (secondary N) is 2. The minimum absolute atomic E-state index is 0.793. The van der Waals surface area contributed by atoms with E-state index in [4.69, 9.17) is 4.74 Å². The van der Waals surface area contributed by atoms with E-state index in [1.165, 1.54) is 12.8 Å². The first-order valence-electron chi connectivity index (χ1n) is 7.44. The second kappa shape index (κ2) is 13.6. The van der Waals surface area contributed by atoms with Crippen LogP contribution in [0.1, 0.15) is 33.1 Å². The lowest BCUT2D eigenvalue weighted by Crippen LogP contribution is -2.38. The highest BCUT2D eigenvalue weighted by Gasteiger charge is 1.98. The fraction of sp³-hybridized carbons (Fsp3) is 0.929. The number of rotatable bonds is 11. The highest BCUT2D eigenvalue weighted by atomic mass is 16.5. The van der Waals surface area contributed by atoms with E-state index in [1.807, 2.05) is 0 Å². The number of methoxy groups -OCH3 is 1. The normalized spacial score (nSPS) is 11.9. The van der Waals surface area contributed by atoms with Gasteiger partial charge in [0, 0.05) is 33.3 Å². The Bertz CT molecular complexity index is 221. The van der Waals surface area contributed by atoms with Crippen molar-refractivity contribution in [3.8, 4) is 0 Å². The molecule has 0 aromatic carbocycles. The smallest absolute Gasteiger partial charge is 0.191 e. The average Bonchev–Trinajstić information content (AvgIpc) is 2.41. The van der Waals surface area contributed by atoms with Crippen LogP contribution in [-0.2, 0) is 4.74 Å². The molecule has 0 saturated carbocycles. The Morgan fingerprint density at radius 1 is 1.16 bits per heavy atom. The number of unbranched alkanes of at least 4 members (excludes halogenated alkanes) is 1. The number of hydrogen-bond acceptors (Lipinski definition) is 3. The standard InChI is InChI=1S/C14H32N4O/c1-5-7-9-16-14(15-6-2)17-10-8-11-18(3)12-13-19-4/h5-13H2,1-4H3,(H2,15,16,17). The maximum absolute atomic E-state index is 5.05. The highest BCUT2D eigenvalue weighted by Crippen LogP contribution is 1.89. The average molecular weight is 272 g/mol. The van der Waals surface area contributed by atoms with Gasteiger partial charge in [0.25, 0.3) is 0 Å². The lowest BCUT2D eigenvalue weighted by atomic mass is 10.3. The van der Waals surface area contributed by atoms with E-state index in [0.29, 0.717) is 0 Å². The summed E-state index contributed by atoms with van der Waals surface area (Å²) in [6.07, 6.45) is 3.46. The predicted molar refractivity (Wildman–Crippen MR) is 82.9 cm³/mol. The number of hydrogen-bond donors (Lipinski definition) is 2. The molecule has 0 aliphatic heterocycles. The molecule has 114 valence electrons. The fourth-order valence-electron chi connectivity index (χ4n) is 1.62. The van der Waals surface area contributed by atoms with Gasteiger partial charge in [-0.05, 0) is 33.4 Å². The van der Waals surface area contributed by atoms with E-state index >= 15 is 0 Å². The van der Waals surface area contributed by atoms with Crippen LogP contribution in [0.25, 0.3) is 0 Å². The third-order valence-electron chi connectivity index (χ3n) is 2.81. The molecule has 0 aromatic heterocycles. The number of likely N-dealkylation sites (N-methyl/N-ethyl adjacent to an activating group) is 1. The maximum Gasteiger partial charge on any atom is 0.191 e. The van der Waals surface area contributed by atoms with Crippen LogP contribution in [0.3, 0.4) is 0 Å². The summed E-state index contributed by atoms with van der Waals surface area (Å²) in [6.45, 7) is 9.88. The van der Waals surface area contributed by atoms with Gasteiger partial charge in [-0.2, -0.15) is 0 Å². The van der Waals surface area contributed by atoms with E-state index in [1.54, 1.807) is 7.11 Å². The number of guanidine groups is 1. The molecule has 2 N–H and O–H groups in total. The molecule has 5 heteroatoms. The fourth-order valence-corrected chi connectivity index (χ4v) is 1.62. The maximum atomic E-state index is 5.05. The first kappa shape index (κ1) is 18.2. The van der Waals surface area contributed by atoms with Gasteiger partial charge in [0.05, 0.1) is 6.61 Å². The van der Waals surface area contributed by atoms with Crippen molar-refractivity contribution >= 4 is 5.96 Å². The van der Waals surface area contributed by atoms with Crippen molar-refractivity contribution in [3.63, 3.8) is 0 Å². The van der Waals surface area contributed by atoms with Gasteiger partial charge in [0.2, 0.25) is 0 Å². The van der Waals surface area contributed by atoms with Crippen LogP contribution in [0, 0.1) is 0 Å². The van der Waals surface area contributed by atoms with Crippen molar-refractivity contribution in [1.82, 2.24) is 15.5 Å². The summed E-state index contributed by atoms with van der Waals surface area (Å²) in [7, 11) is 3.86. The van der Waals surface area contributed by atoms with Crippen LogP contribution in [0.4, 0.5) is 0 Å². The molecule has 0 radical (unpaired) electrons. The molecule has 0 aliphatic rings. The molecule has 0 rings (SSSR count). The Morgan fingerprint density at radius 3 is 2.58 bits per heavy atom. The lowest BCUT2D eigenvalue weighted by Gasteiger charge is -2.15. The van der Waals surface area contributed by atoms with Gasteiger partial charge in [-0.25, -0.2) is 0 Å². The topological polar surface area (TPSA) is 48.9 Å². The van der Waals surface area contributed by atoms with Crippen molar-refractivity contribution in [3.05, 3.63) is 0 Å². The van der Waals surface area contributed by atoms with Crippen LogP contribution in [0.5, 0.6) is 0 Å². The minimum Gasteiger partial charge on any atom is -0.383 e. The second-order valence-corrected chi connectivity index (χ2v) is 4.69. The van der Waals surface area contributed by atoms with Crippen LogP contribution in [0.2, 0.25) is 0 Å². The van der Waals surface area contributed by atoms with E-state index < -0.39 is 0 Å². The number of ether oxygens (including phenoxy) is 1. The molecule has 0 aliphatic carbocycles. The molecule has 0 bridgehead atoms. The molecule has 0 saturated heterocycles. The van der Waals surface area contributed by atoms with Crippen LogP contribution < -0.4 is 10.6 Å². The largest absolute Gasteiger partial charge is 0.383 e. The second-order valence-electron chi connectivity index (χ2n) is 4.69. The molecule has 0 fully saturated rings. The van der Waals surface area contributed by atoms with Crippen LogP contribution in [0.15, 0.2) is 4.99 Å². The summed E-state index contributed by atoms with van der Waals surface area (Å²) >= 11 is 0. The van der Waals surface area contributed by atoms with Crippen molar-refractivity contribution in [2.45, 2.75) is 33.1 Å². The molecule has 0 unspecified atom stereocenters. The zero-order valence-corrected chi connectivity index (χ0v) is 13.2. The summed E-state index contributed by atoms with van der Waals surface area (Å²) in [6, 6.07) is 0. The SMILES string of the molecule is CCCCNC(=NCCCN(C)CCOC)NCC. The molecule has 0 spiro atoms. The molecule has 0 aromatic rings. The monoisotopic (exact) mass is 272 g/mol. The molecule has 19 heavy (non-hydrogen) atoms. The van der Waals surface area contributed by atoms with Gasteiger partial charge in [-0.15, -0.1) is 0 Å². The van der Waals surface area contributed by atoms with Crippen molar-refractivity contribution in [2.24, 2.45) is 4.99 Å². The molecular weight excluding hydrogens is 240 g/mol. The Balaban J connectivity index is 3.76. The third-order valence-corrected chi connectivity index (χ3v) is 2.81. The first-order chi connectivity index (χ1) is 9.24. The number of nitrogens with zero attached hydrogens (tertiary/aromatic N) is 2. The van der Waals surface area contributed by atoms with Crippen LogP contribution >= 0.6 is 0 Å². The lowest BCUT2D eigenvalue weighted by molar-refractivity contribution is 0.161. The third kappa shape index (κ3) is 12.0. The van der Waals surface area contributed by atoms with Crippen molar-refractivity contribution < 1.29 is 4.74 Å². The molecule has 5 nitrogen and oxygen atoms in total. The predicted octanol–water partition coefficient (Wildman–Crippen LogP) is 1.31. The molecule has 0 atom stereocenters. The molecule has 0 heterocycles. The minimum atomic E-state index is 0.793. The van der Waals surface area contributed by atoms with Gasteiger partial charge < -0.3 is 20.3 Å². The van der Waals surface area contributed by atoms with Crippen molar-refractivity contribution in [1.29, 1.82) is 0 Å². The summed E-state index contributed by atoms with van der Waals surface area (Å²) in [4.78, 5) is 6.85. The summed E-state index contributed by atoms with van der Waals surface area (Å²) in [5, 5.41) is 6.62. The Morgan fingerprint density at radius 2 is 1.95 bits per heavy atom. The van der Waals surface area contributed by atoms with Gasteiger partial charge >= 0.3 is 0 Å². The summed E-state index contributed by atoms with van der Waals surface area (Å²) < 4.78 is 5.05. The van der Waals surface area contributed by atoms with Gasteiger partial charge in [0.15, 0.2) is 5.96 Å². The molecule has 0 amide bonds. The highest BCUT2D eigenvalue weighted by molar-refractivity contribution is 5.79. The van der Waals surface area contributed by atoms with E-state index in [2.05, 4.69) is 41.4 Å². The zero-order chi connectivity index (χ0) is 14.3. The van der Waals surface area contributed by atoms with E-state index in [-0.39, 0.29) is 0 Å². The number of aliphatic imine (C=N–C) groups is 1. The molecular formula is C14H32N4O. The van der Waals surface area contributed by atoms with Gasteiger partial charge in [-0.1, -0.05) is 13.3 Å². The quantitative estimate of drug-likeness (QED) is 0.338. The van der Waals surface area contributed by atoms with Crippen molar-refractivity contribution in [2.75, 3.05) is 53.5 Å². The summed E-state index contributed by atoms with van der Waals surface area (Å²) in [5.74, 6) is 0.940. The first-order valence-corrected chi connectivity index (χ1v) is 7.44. The zero-order valence-electron chi connectivity index (χ0n) is 13.2. The van der Waals surface area contributed by atoms with E-state index in [9.17, 15) is 0 Å². The van der Waals surface area contributed by atoms with Gasteiger partial charge in [0.1, 0.15) is 0 Å². The van der Waals surface area contributed by atoms with Crippen LogP contribution in [-0.4, -0.2) is 64.3 Å². The Hall–Kier alpha value is -0.810.